The summed E-state index contributed by atoms with van der Waals surface area (Å²) < 4.78 is 0. The molecule has 1 unspecified atom stereocenters. The van der Waals surface area contributed by atoms with E-state index in [9.17, 15) is 9.90 Å². The molecule has 0 aromatic heterocycles. The number of carboxylic acids is 1. The number of carbonyl (C=O) groups excluding carboxylic acids is 1. The van der Waals surface area contributed by atoms with Crippen molar-refractivity contribution in [3.05, 3.63) is 0 Å². The van der Waals surface area contributed by atoms with Crippen molar-refractivity contribution in [1.29, 1.82) is 0 Å². The van der Waals surface area contributed by atoms with Crippen LogP contribution in [0, 0.1) is 0 Å². The van der Waals surface area contributed by atoms with E-state index in [0.29, 0.717) is 5.75 Å². The lowest BCUT2D eigenvalue weighted by molar-refractivity contribution is -0.445. The highest BCUT2D eigenvalue weighted by Crippen LogP contribution is 2.07. The predicted octanol–water partition coefficient (Wildman–Crippen LogP) is -3.47. The number of thioether (sulfide) groups is 2. The summed E-state index contributed by atoms with van der Waals surface area (Å²) in [4.78, 5) is 13.0. The maximum Gasteiger partial charge on any atom is 0.302 e. The Balaban J connectivity index is 0.000000146. The lowest BCUT2D eigenvalue weighted by Gasteiger charge is -2.07. The normalized spacial score (nSPS) is 25.1. The monoisotopic (exact) mass is 235 g/mol. The molecule has 1 atom stereocenters. The van der Waals surface area contributed by atoms with Gasteiger partial charge in [0.2, 0.25) is 0 Å². The van der Waals surface area contributed by atoms with E-state index in [4.69, 9.17) is 5.73 Å². The summed E-state index contributed by atoms with van der Waals surface area (Å²) >= 11 is 3.26. The van der Waals surface area contributed by atoms with Gasteiger partial charge in [0.05, 0.1) is 18.6 Å². The van der Waals surface area contributed by atoms with Crippen LogP contribution in [0.15, 0.2) is 0 Å². The van der Waals surface area contributed by atoms with Gasteiger partial charge >= 0.3 is 5.17 Å². The average Bonchev–Trinajstić information content (AvgIpc) is 2.75. The summed E-state index contributed by atoms with van der Waals surface area (Å²) in [5.41, 5.74) is 5.30. The highest BCUT2D eigenvalue weighted by Gasteiger charge is 2.13. The van der Waals surface area contributed by atoms with Crippen LogP contribution in [0.3, 0.4) is 0 Å². The minimum Gasteiger partial charge on any atom is -0.548 e. The largest absolute Gasteiger partial charge is 0.548 e. The molecule has 0 saturated carbocycles. The fourth-order valence-corrected chi connectivity index (χ4v) is 2.49. The van der Waals surface area contributed by atoms with Crippen molar-refractivity contribution in [2.45, 2.75) is 6.04 Å². The molecule has 2 heterocycles. The van der Waals surface area contributed by atoms with E-state index in [1.54, 1.807) is 23.5 Å². The number of hydrogen-bond donors (Lipinski definition) is 3. The van der Waals surface area contributed by atoms with Crippen LogP contribution in [-0.4, -0.2) is 41.1 Å². The van der Waals surface area contributed by atoms with Crippen LogP contribution in [0.1, 0.15) is 0 Å². The van der Waals surface area contributed by atoms with Crippen LogP contribution in [0.2, 0.25) is 0 Å². The molecule has 0 bridgehead atoms. The smallest absolute Gasteiger partial charge is 0.302 e. The van der Waals surface area contributed by atoms with Crippen LogP contribution in [0.25, 0.3) is 0 Å². The van der Waals surface area contributed by atoms with Crippen LogP contribution >= 0.6 is 23.5 Å². The third-order valence-corrected chi connectivity index (χ3v) is 3.46. The molecule has 0 aromatic rings. The first-order valence-corrected chi connectivity index (χ1v) is 6.35. The highest BCUT2D eigenvalue weighted by molar-refractivity contribution is 8.13. The Hall–Kier alpha value is -0.400. The van der Waals surface area contributed by atoms with Crippen molar-refractivity contribution in [3.8, 4) is 0 Å². The first kappa shape index (κ1) is 11.7. The number of carboxylic acid groups (broad SMARTS) is 1. The van der Waals surface area contributed by atoms with Crippen molar-refractivity contribution in [3.63, 3.8) is 0 Å². The number of rotatable bonds is 1. The van der Waals surface area contributed by atoms with Gasteiger partial charge in [0.15, 0.2) is 0 Å². The third kappa shape index (κ3) is 4.21. The van der Waals surface area contributed by atoms with Gasteiger partial charge in [-0.1, -0.05) is 0 Å². The number of nitrogens with two attached hydrogens (primary N) is 1. The summed E-state index contributed by atoms with van der Waals surface area (Å²) in [5, 5.41) is 13.6. The van der Waals surface area contributed by atoms with Gasteiger partial charge in [-0.3, -0.25) is 16.0 Å². The molecule has 4 N–H and O–H groups in total. The van der Waals surface area contributed by atoms with E-state index in [2.05, 4.69) is 10.3 Å². The molecule has 2 aliphatic rings. The molecule has 7 heteroatoms. The lowest BCUT2D eigenvalue weighted by atomic mass is 10.4. The molecule has 1 fully saturated rings. The number of nitrogens with one attached hydrogen (secondary N) is 2. The van der Waals surface area contributed by atoms with E-state index in [0.717, 1.165) is 23.3 Å². The van der Waals surface area contributed by atoms with Gasteiger partial charge in [-0.2, -0.15) is 0 Å². The van der Waals surface area contributed by atoms with Crippen LogP contribution in [-0.2, 0) is 4.79 Å². The first-order chi connectivity index (χ1) is 6.70. The molecule has 14 heavy (non-hydrogen) atoms. The molecule has 0 aliphatic carbocycles. The lowest BCUT2D eigenvalue weighted by Crippen LogP contribution is -2.71. The van der Waals surface area contributed by atoms with Crippen molar-refractivity contribution in [1.82, 2.24) is 5.32 Å². The number of amidine groups is 1. The van der Waals surface area contributed by atoms with Crippen molar-refractivity contribution >= 4 is 34.7 Å². The van der Waals surface area contributed by atoms with E-state index >= 15 is 0 Å². The maximum atomic E-state index is 10.0. The highest BCUT2D eigenvalue weighted by atomic mass is 32.2. The quantitative estimate of drug-likeness (QED) is 0.437. The van der Waals surface area contributed by atoms with Crippen LogP contribution in [0.4, 0.5) is 0 Å². The Bertz CT molecular complexity index is 229. The van der Waals surface area contributed by atoms with Gasteiger partial charge in [0.25, 0.3) is 0 Å². The van der Waals surface area contributed by atoms with E-state index in [1.807, 2.05) is 0 Å². The Morgan fingerprint density at radius 1 is 1.71 bits per heavy atom. The zero-order valence-electron chi connectivity index (χ0n) is 7.62. The Kier molecular flexibility index (Phi) is 5.13. The molecule has 1 saturated heterocycles. The van der Waals surface area contributed by atoms with E-state index in [1.165, 1.54) is 0 Å². The van der Waals surface area contributed by atoms with E-state index < -0.39 is 12.0 Å². The second kappa shape index (κ2) is 6.15. The topological polar surface area (TPSA) is 92.2 Å². The number of hydrogen-bond acceptors (Lipinski definition) is 6. The Labute approximate surface area is 90.9 Å². The Morgan fingerprint density at radius 3 is 2.71 bits per heavy atom. The summed E-state index contributed by atoms with van der Waals surface area (Å²) in [6.07, 6.45) is 0. The van der Waals surface area contributed by atoms with Gasteiger partial charge < -0.3 is 9.90 Å². The van der Waals surface area contributed by atoms with E-state index in [-0.39, 0.29) is 0 Å². The fourth-order valence-electron chi connectivity index (χ4n) is 0.933. The number of carbonyl (C=O) groups is 1. The zero-order valence-corrected chi connectivity index (χ0v) is 9.25. The summed E-state index contributed by atoms with van der Waals surface area (Å²) in [6.45, 7) is 1.04. The van der Waals surface area contributed by atoms with Crippen LogP contribution < -0.4 is 21.1 Å². The molecule has 0 amide bonds. The molecule has 5 nitrogen and oxygen atoms in total. The van der Waals surface area contributed by atoms with Gasteiger partial charge in [-0.05, 0) is 11.8 Å². The predicted molar refractivity (Wildman–Crippen MR) is 56.7 cm³/mol. The standard InChI is InChI=1S/C4H7NO2S.C3H6N2S/c6-4(7)3-1-8-2-5-3;4-3-5-1-2-6-3/h3,5H,1-2H2,(H,6,7);1-2H2,(H2,4,5). The second-order valence-electron chi connectivity index (χ2n) is 2.73. The fraction of sp³-hybridized carbons (Fsp3) is 0.714. The molecule has 2 aliphatic heterocycles. The first-order valence-electron chi connectivity index (χ1n) is 4.21. The summed E-state index contributed by atoms with van der Waals surface area (Å²) in [7, 11) is 0. The molecule has 0 radical (unpaired) electrons. The molecule has 0 spiro atoms. The average molecular weight is 235 g/mol. The zero-order chi connectivity index (χ0) is 10.4. The Morgan fingerprint density at radius 2 is 2.50 bits per heavy atom. The van der Waals surface area contributed by atoms with Gasteiger partial charge in [0, 0.05) is 17.4 Å². The molecular weight excluding hydrogens is 222 g/mol. The molecule has 2 rings (SSSR count). The molecular formula is C7H13N3O2S2. The SMILES string of the molecule is NC1=[NH+]CCS1.O=C([O-])C1CSCN1. The van der Waals surface area contributed by atoms with Gasteiger partial charge in [0.1, 0.15) is 0 Å². The minimum absolute atomic E-state index is 0.417. The molecule has 80 valence electrons. The van der Waals surface area contributed by atoms with Crippen molar-refractivity contribution in [2.75, 3.05) is 23.9 Å². The van der Waals surface area contributed by atoms with Gasteiger partial charge in [-0.15, -0.1) is 11.8 Å². The third-order valence-electron chi connectivity index (χ3n) is 1.66. The van der Waals surface area contributed by atoms with Crippen molar-refractivity contribution in [2.24, 2.45) is 5.73 Å². The maximum absolute atomic E-state index is 10.0. The second-order valence-corrected chi connectivity index (χ2v) is 4.90. The molecule has 0 aromatic carbocycles. The van der Waals surface area contributed by atoms with Crippen molar-refractivity contribution < 1.29 is 14.9 Å². The minimum atomic E-state index is -0.991. The summed E-state index contributed by atoms with van der Waals surface area (Å²) in [5.74, 6) is 1.52. The summed E-state index contributed by atoms with van der Waals surface area (Å²) in [6, 6.07) is -0.417. The number of aliphatic carboxylic acids is 1. The van der Waals surface area contributed by atoms with Crippen LogP contribution in [0.5, 0.6) is 0 Å². The van der Waals surface area contributed by atoms with Gasteiger partial charge in [-0.25, -0.2) is 0 Å².